The SMILES string of the molecule is Cc1ccc(C(O)C2CCCCCCC2)s1. The minimum atomic E-state index is -0.211. The van der Waals surface area contributed by atoms with Crippen molar-refractivity contribution in [2.75, 3.05) is 0 Å². The Morgan fingerprint density at radius 2 is 1.75 bits per heavy atom. The molecule has 16 heavy (non-hydrogen) atoms. The fourth-order valence-corrected chi connectivity index (χ4v) is 3.61. The highest BCUT2D eigenvalue weighted by Gasteiger charge is 2.22. The van der Waals surface area contributed by atoms with Crippen molar-refractivity contribution in [2.24, 2.45) is 5.92 Å². The third-order valence-corrected chi connectivity index (χ3v) is 4.72. The molecular formula is C14H22OS. The lowest BCUT2D eigenvalue weighted by Crippen LogP contribution is -2.13. The van der Waals surface area contributed by atoms with E-state index < -0.39 is 0 Å². The van der Waals surface area contributed by atoms with Crippen LogP contribution < -0.4 is 0 Å². The van der Waals surface area contributed by atoms with Crippen molar-refractivity contribution < 1.29 is 5.11 Å². The van der Waals surface area contributed by atoms with Gasteiger partial charge in [0.2, 0.25) is 0 Å². The summed E-state index contributed by atoms with van der Waals surface area (Å²) in [7, 11) is 0. The minimum Gasteiger partial charge on any atom is -0.387 e. The van der Waals surface area contributed by atoms with E-state index in [2.05, 4.69) is 19.1 Å². The first-order valence-corrected chi connectivity index (χ1v) is 7.33. The smallest absolute Gasteiger partial charge is 0.0910 e. The van der Waals surface area contributed by atoms with Crippen LogP contribution in [0.2, 0.25) is 0 Å². The minimum absolute atomic E-state index is 0.211. The molecule has 0 aliphatic heterocycles. The van der Waals surface area contributed by atoms with Crippen molar-refractivity contribution in [1.29, 1.82) is 0 Å². The molecule has 1 heterocycles. The molecule has 1 fully saturated rings. The second-order valence-corrected chi connectivity index (χ2v) is 6.32. The van der Waals surface area contributed by atoms with Gasteiger partial charge in [0, 0.05) is 9.75 Å². The Labute approximate surface area is 103 Å². The Bertz CT molecular complexity index is 310. The highest BCUT2D eigenvalue weighted by atomic mass is 32.1. The van der Waals surface area contributed by atoms with Gasteiger partial charge in [-0.25, -0.2) is 0 Å². The molecule has 1 atom stereocenters. The number of aryl methyl sites for hydroxylation is 1. The number of rotatable bonds is 2. The van der Waals surface area contributed by atoms with E-state index in [0.717, 1.165) is 0 Å². The number of hydrogen-bond donors (Lipinski definition) is 1. The van der Waals surface area contributed by atoms with Gasteiger partial charge in [0.1, 0.15) is 0 Å². The maximum Gasteiger partial charge on any atom is 0.0910 e. The van der Waals surface area contributed by atoms with Gasteiger partial charge in [-0.1, -0.05) is 32.1 Å². The van der Waals surface area contributed by atoms with Crippen LogP contribution in [-0.2, 0) is 0 Å². The van der Waals surface area contributed by atoms with Crippen molar-refractivity contribution in [2.45, 2.75) is 58.0 Å². The summed E-state index contributed by atoms with van der Waals surface area (Å²) >= 11 is 1.75. The van der Waals surface area contributed by atoms with Crippen LogP contribution in [0, 0.1) is 12.8 Å². The fourth-order valence-electron chi connectivity index (χ4n) is 2.65. The maximum absolute atomic E-state index is 10.4. The Balaban J connectivity index is 1.98. The predicted molar refractivity (Wildman–Crippen MR) is 69.8 cm³/mol. The van der Waals surface area contributed by atoms with Gasteiger partial charge in [0.05, 0.1) is 6.10 Å². The summed E-state index contributed by atoms with van der Waals surface area (Å²) in [5.41, 5.74) is 0. The molecule has 0 spiro atoms. The van der Waals surface area contributed by atoms with Gasteiger partial charge >= 0.3 is 0 Å². The average molecular weight is 238 g/mol. The van der Waals surface area contributed by atoms with Gasteiger partial charge in [-0.2, -0.15) is 0 Å². The molecule has 1 aromatic rings. The molecule has 2 heteroatoms. The molecule has 0 amide bonds. The van der Waals surface area contributed by atoms with E-state index in [-0.39, 0.29) is 6.10 Å². The Morgan fingerprint density at radius 3 is 2.31 bits per heavy atom. The Morgan fingerprint density at radius 1 is 1.12 bits per heavy atom. The quantitative estimate of drug-likeness (QED) is 0.807. The summed E-state index contributed by atoms with van der Waals surface area (Å²) in [6.07, 6.45) is 8.89. The van der Waals surface area contributed by atoms with E-state index in [1.54, 1.807) is 11.3 Å². The molecule has 1 nitrogen and oxygen atoms in total. The Kier molecular flexibility index (Phi) is 4.42. The van der Waals surface area contributed by atoms with E-state index in [0.29, 0.717) is 5.92 Å². The van der Waals surface area contributed by atoms with E-state index in [1.165, 1.54) is 54.7 Å². The van der Waals surface area contributed by atoms with Crippen molar-refractivity contribution in [1.82, 2.24) is 0 Å². The average Bonchev–Trinajstić information content (AvgIpc) is 2.63. The predicted octanol–water partition coefficient (Wildman–Crippen LogP) is 4.45. The molecule has 1 N–H and O–H groups in total. The van der Waals surface area contributed by atoms with E-state index >= 15 is 0 Å². The van der Waals surface area contributed by atoms with Crippen LogP contribution in [0.15, 0.2) is 12.1 Å². The summed E-state index contributed by atoms with van der Waals surface area (Å²) in [4.78, 5) is 2.47. The van der Waals surface area contributed by atoms with E-state index in [1.807, 2.05) is 0 Å². The standard InChI is InChI=1S/C14H22OS/c1-11-9-10-13(16-11)14(15)12-7-5-3-2-4-6-8-12/h9-10,12,14-15H,2-8H2,1H3. The van der Waals surface area contributed by atoms with Crippen molar-refractivity contribution in [3.8, 4) is 0 Å². The fraction of sp³-hybridized carbons (Fsp3) is 0.714. The van der Waals surface area contributed by atoms with Crippen LogP contribution in [0.5, 0.6) is 0 Å². The first-order valence-electron chi connectivity index (χ1n) is 6.52. The topological polar surface area (TPSA) is 20.2 Å². The van der Waals surface area contributed by atoms with Crippen LogP contribution in [0.1, 0.15) is 60.8 Å². The third-order valence-electron chi connectivity index (χ3n) is 3.65. The lowest BCUT2D eigenvalue weighted by atomic mass is 9.87. The number of thiophene rings is 1. The highest BCUT2D eigenvalue weighted by Crippen LogP contribution is 2.35. The van der Waals surface area contributed by atoms with Gasteiger partial charge in [-0.3, -0.25) is 0 Å². The second kappa shape index (κ2) is 5.83. The van der Waals surface area contributed by atoms with Crippen LogP contribution in [0.3, 0.4) is 0 Å². The molecule has 0 bridgehead atoms. The molecule has 1 aromatic heterocycles. The summed E-state index contributed by atoms with van der Waals surface area (Å²) in [6.45, 7) is 2.11. The molecule has 1 aliphatic rings. The van der Waals surface area contributed by atoms with Crippen molar-refractivity contribution >= 4 is 11.3 Å². The molecule has 0 aromatic carbocycles. The lowest BCUT2D eigenvalue weighted by molar-refractivity contribution is 0.0944. The van der Waals surface area contributed by atoms with Crippen molar-refractivity contribution in [3.63, 3.8) is 0 Å². The van der Waals surface area contributed by atoms with Gasteiger partial charge < -0.3 is 5.11 Å². The summed E-state index contributed by atoms with van der Waals surface area (Å²) < 4.78 is 0. The van der Waals surface area contributed by atoms with E-state index in [4.69, 9.17) is 0 Å². The number of aliphatic hydroxyl groups is 1. The van der Waals surface area contributed by atoms with Gasteiger partial charge in [0.25, 0.3) is 0 Å². The number of hydrogen-bond acceptors (Lipinski definition) is 2. The molecule has 2 rings (SSSR count). The van der Waals surface area contributed by atoms with E-state index in [9.17, 15) is 5.11 Å². The zero-order valence-corrected chi connectivity index (χ0v) is 10.9. The van der Waals surface area contributed by atoms with Gasteiger partial charge in [-0.15, -0.1) is 11.3 Å². The second-order valence-electron chi connectivity index (χ2n) is 5.00. The van der Waals surface area contributed by atoms with Crippen LogP contribution in [0.4, 0.5) is 0 Å². The van der Waals surface area contributed by atoms with Crippen molar-refractivity contribution in [3.05, 3.63) is 21.9 Å². The molecular weight excluding hydrogens is 216 g/mol. The largest absolute Gasteiger partial charge is 0.387 e. The highest BCUT2D eigenvalue weighted by molar-refractivity contribution is 7.12. The molecule has 1 saturated carbocycles. The molecule has 90 valence electrons. The normalized spacial score (nSPS) is 21.4. The zero-order valence-electron chi connectivity index (χ0n) is 10.1. The lowest BCUT2D eigenvalue weighted by Gasteiger charge is -2.24. The summed E-state index contributed by atoms with van der Waals surface area (Å²) in [5, 5.41) is 10.4. The molecule has 1 unspecified atom stereocenters. The first kappa shape index (κ1) is 12.1. The van der Waals surface area contributed by atoms with Crippen LogP contribution in [0.25, 0.3) is 0 Å². The zero-order chi connectivity index (χ0) is 11.4. The molecule has 0 radical (unpaired) electrons. The third kappa shape index (κ3) is 3.08. The molecule has 0 saturated heterocycles. The summed E-state index contributed by atoms with van der Waals surface area (Å²) in [5.74, 6) is 0.498. The first-order chi connectivity index (χ1) is 7.77. The maximum atomic E-state index is 10.4. The van der Waals surface area contributed by atoms with Crippen LogP contribution >= 0.6 is 11.3 Å². The monoisotopic (exact) mass is 238 g/mol. The number of aliphatic hydroxyl groups excluding tert-OH is 1. The van der Waals surface area contributed by atoms with Crippen LogP contribution in [-0.4, -0.2) is 5.11 Å². The van der Waals surface area contributed by atoms with Gasteiger partial charge in [-0.05, 0) is 37.8 Å². The summed E-state index contributed by atoms with van der Waals surface area (Å²) in [6, 6.07) is 4.22. The van der Waals surface area contributed by atoms with Gasteiger partial charge in [0.15, 0.2) is 0 Å². The molecule has 1 aliphatic carbocycles. The Hall–Kier alpha value is -0.340.